The number of nitrogens with one attached hydrogen (secondary N) is 1. The molecule has 0 heterocycles. The molecule has 0 unspecified atom stereocenters. The molecule has 0 spiro atoms. The quantitative estimate of drug-likeness (QED) is 0.640. The van der Waals surface area contributed by atoms with Crippen LogP contribution in [0.25, 0.3) is 0 Å². The highest BCUT2D eigenvalue weighted by Gasteiger charge is 2.21. The number of hydrogen-bond donors (Lipinski definition) is 2. The zero-order valence-electron chi connectivity index (χ0n) is 10.9. The van der Waals surface area contributed by atoms with Crippen LogP contribution >= 0.6 is 0 Å². The molecule has 0 saturated heterocycles. The molecular weight excluding hydrogens is 294 g/mol. The van der Waals surface area contributed by atoms with Crippen LogP contribution in [0.1, 0.15) is 10.4 Å². The molecule has 2 aromatic carbocycles. The number of carboxylic acid groups (broad SMARTS) is 1. The lowest BCUT2D eigenvalue weighted by molar-refractivity contribution is -0.384. The van der Waals surface area contributed by atoms with E-state index in [2.05, 4.69) is 5.32 Å². The predicted octanol–water partition coefficient (Wildman–Crippen LogP) is 2.94. The number of nitro groups is 2. The molecule has 9 nitrogen and oxygen atoms in total. The molecule has 2 rings (SSSR count). The maximum atomic E-state index is 11.2. The Morgan fingerprint density at radius 3 is 2.32 bits per heavy atom. The fourth-order valence-corrected chi connectivity index (χ4v) is 1.84. The third-order valence-electron chi connectivity index (χ3n) is 2.80. The van der Waals surface area contributed by atoms with Gasteiger partial charge < -0.3 is 10.4 Å². The highest BCUT2D eigenvalue weighted by atomic mass is 16.6. The van der Waals surface area contributed by atoms with Crippen LogP contribution in [0.15, 0.2) is 42.5 Å². The number of carboxylic acids is 1. The summed E-state index contributed by atoms with van der Waals surface area (Å²) in [4.78, 5) is 31.6. The molecule has 9 heteroatoms. The van der Waals surface area contributed by atoms with Crippen LogP contribution in [0.3, 0.4) is 0 Å². The van der Waals surface area contributed by atoms with E-state index in [0.29, 0.717) is 0 Å². The van der Waals surface area contributed by atoms with Crippen molar-refractivity contribution in [2.45, 2.75) is 0 Å². The average molecular weight is 303 g/mol. The Labute approximate surface area is 123 Å². The van der Waals surface area contributed by atoms with Crippen molar-refractivity contribution in [2.75, 3.05) is 5.32 Å². The number of nitrogens with zero attached hydrogens (tertiary/aromatic N) is 2. The molecule has 0 amide bonds. The average Bonchev–Trinajstić information content (AvgIpc) is 2.47. The topological polar surface area (TPSA) is 136 Å². The molecule has 2 N–H and O–H groups in total. The Kier molecular flexibility index (Phi) is 3.98. The summed E-state index contributed by atoms with van der Waals surface area (Å²) in [7, 11) is 0. The first-order valence-electron chi connectivity index (χ1n) is 5.92. The standard InChI is InChI=1S/C13H9N3O6/c17-13(18)10-5-2-6-11(16(21)22)12(10)14-8-3-1-4-9(7-8)15(19)20/h1-7,14H,(H,17,18). The van der Waals surface area contributed by atoms with Gasteiger partial charge in [0.2, 0.25) is 0 Å². The van der Waals surface area contributed by atoms with Gasteiger partial charge in [-0.3, -0.25) is 20.2 Å². The minimum Gasteiger partial charge on any atom is -0.478 e. The summed E-state index contributed by atoms with van der Waals surface area (Å²) in [6, 6.07) is 8.83. The van der Waals surface area contributed by atoms with Gasteiger partial charge in [0.05, 0.1) is 15.4 Å². The summed E-state index contributed by atoms with van der Waals surface area (Å²) in [5.41, 5.74) is -1.03. The first-order chi connectivity index (χ1) is 10.4. The van der Waals surface area contributed by atoms with Gasteiger partial charge in [-0.25, -0.2) is 4.79 Å². The molecular formula is C13H9N3O6. The van der Waals surface area contributed by atoms with Crippen LogP contribution in [0.5, 0.6) is 0 Å². The van der Waals surface area contributed by atoms with Gasteiger partial charge in [-0.15, -0.1) is 0 Å². The lowest BCUT2D eigenvalue weighted by Gasteiger charge is -2.09. The summed E-state index contributed by atoms with van der Waals surface area (Å²) >= 11 is 0. The predicted molar refractivity (Wildman–Crippen MR) is 76.4 cm³/mol. The zero-order chi connectivity index (χ0) is 16.3. The second kappa shape index (κ2) is 5.87. The second-order valence-corrected chi connectivity index (χ2v) is 4.19. The molecule has 0 radical (unpaired) electrons. The number of benzene rings is 2. The molecule has 0 fully saturated rings. The van der Waals surface area contributed by atoms with Gasteiger partial charge in [-0.2, -0.15) is 0 Å². The molecule has 0 bridgehead atoms. The van der Waals surface area contributed by atoms with Gasteiger partial charge in [-0.1, -0.05) is 12.1 Å². The normalized spacial score (nSPS) is 10.0. The molecule has 0 aliphatic carbocycles. The molecule has 0 aromatic heterocycles. The van der Waals surface area contributed by atoms with Crippen LogP contribution in [0.4, 0.5) is 22.7 Å². The highest BCUT2D eigenvalue weighted by Crippen LogP contribution is 2.32. The van der Waals surface area contributed by atoms with Crippen LogP contribution in [-0.4, -0.2) is 20.9 Å². The second-order valence-electron chi connectivity index (χ2n) is 4.19. The lowest BCUT2D eigenvalue weighted by atomic mass is 10.1. The number of hydrogen-bond acceptors (Lipinski definition) is 6. The fourth-order valence-electron chi connectivity index (χ4n) is 1.84. The van der Waals surface area contributed by atoms with Gasteiger partial charge in [0, 0.05) is 23.9 Å². The van der Waals surface area contributed by atoms with Crippen LogP contribution in [-0.2, 0) is 0 Å². The van der Waals surface area contributed by atoms with Crippen molar-refractivity contribution in [3.8, 4) is 0 Å². The van der Waals surface area contributed by atoms with Crippen molar-refractivity contribution >= 4 is 28.7 Å². The minimum absolute atomic E-state index is 0.172. The van der Waals surface area contributed by atoms with E-state index in [9.17, 15) is 25.0 Å². The minimum atomic E-state index is -1.35. The summed E-state index contributed by atoms with van der Waals surface area (Å²) < 4.78 is 0. The van der Waals surface area contributed by atoms with Crippen molar-refractivity contribution in [3.63, 3.8) is 0 Å². The van der Waals surface area contributed by atoms with E-state index in [-0.39, 0.29) is 22.6 Å². The monoisotopic (exact) mass is 303 g/mol. The van der Waals surface area contributed by atoms with E-state index in [1.54, 1.807) is 0 Å². The largest absolute Gasteiger partial charge is 0.478 e. The number of para-hydroxylation sites is 1. The smallest absolute Gasteiger partial charge is 0.338 e. The van der Waals surface area contributed by atoms with E-state index in [4.69, 9.17) is 5.11 Å². The van der Waals surface area contributed by atoms with Gasteiger partial charge in [0.25, 0.3) is 11.4 Å². The van der Waals surface area contributed by atoms with E-state index < -0.39 is 21.5 Å². The molecule has 0 aliphatic heterocycles. The molecule has 0 saturated carbocycles. The van der Waals surface area contributed by atoms with Crippen molar-refractivity contribution in [1.29, 1.82) is 0 Å². The Balaban J connectivity index is 2.52. The lowest BCUT2D eigenvalue weighted by Crippen LogP contribution is -2.06. The van der Waals surface area contributed by atoms with Crippen LogP contribution in [0, 0.1) is 20.2 Å². The molecule has 22 heavy (non-hydrogen) atoms. The molecule has 0 aliphatic rings. The van der Waals surface area contributed by atoms with Crippen molar-refractivity contribution in [3.05, 3.63) is 68.3 Å². The maximum Gasteiger partial charge on any atom is 0.338 e. The van der Waals surface area contributed by atoms with Gasteiger partial charge >= 0.3 is 5.97 Å². The first-order valence-corrected chi connectivity index (χ1v) is 5.92. The summed E-state index contributed by atoms with van der Waals surface area (Å²) in [5, 5.41) is 33.5. The zero-order valence-corrected chi connectivity index (χ0v) is 10.9. The SMILES string of the molecule is O=C(O)c1cccc([N+](=O)[O-])c1Nc1cccc([N+](=O)[O-])c1. The number of nitro benzene ring substituents is 2. The Hall–Kier alpha value is -3.49. The highest BCUT2D eigenvalue weighted by molar-refractivity contribution is 5.98. The molecule has 112 valence electrons. The fraction of sp³-hybridized carbons (Fsp3) is 0. The van der Waals surface area contributed by atoms with E-state index >= 15 is 0 Å². The van der Waals surface area contributed by atoms with E-state index in [0.717, 1.165) is 12.1 Å². The van der Waals surface area contributed by atoms with Crippen molar-refractivity contribution in [1.82, 2.24) is 0 Å². The molecule has 2 aromatic rings. The van der Waals surface area contributed by atoms with Gasteiger partial charge in [-0.05, 0) is 12.1 Å². The Morgan fingerprint density at radius 2 is 1.73 bits per heavy atom. The third kappa shape index (κ3) is 2.98. The number of carbonyl (C=O) groups is 1. The Morgan fingerprint density at radius 1 is 1.05 bits per heavy atom. The molecule has 0 atom stereocenters. The number of non-ortho nitro benzene ring substituents is 1. The van der Waals surface area contributed by atoms with Crippen LogP contribution < -0.4 is 5.32 Å². The van der Waals surface area contributed by atoms with Crippen LogP contribution in [0.2, 0.25) is 0 Å². The summed E-state index contributed by atoms with van der Waals surface area (Å²) in [6.07, 6.45) is 0. The maximum absolute atomic E-state index is 11.2. The van der Waals surface area contributed by atoms with Gasteiger partial charge in [0.1, 0.15) is 5.69 Å². The number of anilines is 2. The van der Waals surface area contributed by atoms with E-state index in [1.807, 2.05) is 0 Å². The van der Waals surface area contributed by atoms with Crippen molar-refractivity contribution in [2.24, 2.45) is 0 Å². The number of rotatable bonds is 5. The number of aromatic carboxylic acids is 1. The Bertz CT molecular complexity index is 742. The summed E-state index contributed by atoms with van der Waals surface area (Å²) in [5.74, 6) is -1.35. The van der Waals surface area contributed by atoms with E-state index in [1.165, 1.54) is 30.3 Å². The van der Waals surface area contributed by atoms with Gasteiger partial charge in [0.15, 0.2) is 0 Å². The first kappa shape index (κ1) is 14.9. The third-order valence-corrected chi connectivity index (χ3v) is 2.80. The summed E-state index contributed by atoms with van der Waals surface area (Å²) in [6.45, 7) is 0. The van der Waals surface area contributed by atoms with Crippen molar-refractivity contribution < 1.29 is 19.7 Å².